The van der Waals surface area contributed by atoms with Crippen LogP contribution in [0.1, 0.15) is 31.1 Å². The van der Waals surface area contributed by atoms with Crippen LogP contribution in [0.3, 0.4) is 0 Å². The molecule has 0 fully saturated rings. The molecule has 0 saturated carbocycles. The Hall–Kier alpha value is -1.57. The minimum absolute atomic E-state index is 0.189. The molecule has 2 nitrogen and oxygen atoms in total. The number of hydrogen-bond acceptors (Lipinski definition) is 2. The molecular formula is C12H14O2. The SMILES string of the molecule is C=Cc1ccc([C@@H](C)OC(C)=O)cc1. The van der Waals surface area contributed by atoms with E-state index >= 15 is 0 Å². The molecule has 1 aromatic rings. The summed E-state index contributed by atoms with van der Waals surface area (Å²) in [6, 6.07) is 7.76. The van der Waals surface area contributed by atoms with Gasteiger partial charge in [-0.2, -0.15) is 0 Å². The summed E-state index contributed by atoms with van der Waals surface area (Å²) in [5.41, 5.74) is 2.05. The van der Waals surface area contributed by atoms with Gasteiger partial charge in [-0.3, -0.25) is 4.79 Å². The van der Waals surface area contributed by atoms with Crippen molar-refractivity contribution in [1.82, 2.24) is 0 Å². The van der Waals surface area contributed by atoms with Gasteiger partial charge in [0.1, 0.15) is 6.10 Å². The van der Waals surface area contributed by atoms with Gasteiger partial charge in [-0.25, -0.2) is 0 Å². The van der Waals surface area contributed by atoms with Crippen LogP contribution in [0, 0.1) is 0 Å². The summed E-state index contributed by atoms with van der Waals surface area (Å²) in [4.78, 5) is 10.7. The van der Waals surface area contributed by atoms with E-state index in [-0.39, 0.29) is 12.1 Å². The molecule has 1 aromatic carbocycles. The molecule has 0 heterocycles. The quantitative estimate of drug-likeness (QED) is 0.685. The van der Waals surface area contributed by atoms with Crippen LogP contribution in [0.25, 0.3) is 6.08 Å². The van der Waals surface area contributed by atoms with E-state index < -0.39 is 0 Å². The van der Waals surface area contributed by atoms with Crippen LogP contribution < -0.4 is 0 Å². The predicted molar refractivity (Wildman–Crippen MR) is 56.7 cm³/mol. The molecule has 0 aliphatic heterocycles. The second kappa shape index (κ2) is 4.61. The molecule has 0 spiro atoms. The van der Waals surface area contributed by atoms with E-state index in [1.165, 1.54) is 6.92 Å². The standard InChI is InChI=1S/C12H14O2/c1-4-11-5-7-12(8-6-11)9(2)14-10(3)13/h4-9H,1H2,2-3H3/t9-/m1/s1. The summed E-state index contributed by atoms with van der Waals surface area (Å²) in [5, 5.41) is 0. The number of carbonyl (C=O) groups is 1. The number of carbonyl (C=O) groups excluding carboxylic acids is 1. The van der Waals surface area contributed by atoms with Crippen LogP contribution in [0.4, 0.5) is 0 Å². The van der Waals surface area contributed by atoms with Crippen molar-refractivity contribution in [2.75, 3.05) is 0 Å². The Labute approximate surface area is 84.2 Å². The molecule has 14 heavy (non-hydrogen) atoms. The fraction of sp³-hybridized carbons (Fsp3) is 0.250. The van der Waals surface area contributed by atoms with E-state index in [0.717, 1.165) is 11.1 Å². The predicted octanol–water partition coefficient (Wildman–Crippen LogP) is 2.95. The number of benzene rings is 1. The van der Waals surface area contributed by atoms with Crippen molar-refractivity contribution in [3.05, 3.63) is 42.0 Å². The summed E-state index contributed by atoms with van der Waals surface area (Å²) >= 11 is 0. The second-order valence-corrected chi connectivity index (χ2v) is 3.12. The van der Waals surface area contributed by atoms with Crippen molar-refractivity contribution in [3.63, 3.8) is 0 Å². The van der Waals surface area contributed by atoms with Crippen molar-refractivity contribution < 1.29 is 9.53 Å². The van der Waals surface area contributed by atoms with Crippen molar-refractivity contribution in [2.45, 2.75) is 20.0 Å². The molecule has 2 heteroatoms. The zero-order valence-corrected chi connectivity index (χ0v) is 8.49. The molecule has 0 aliphatic rings. The third kappa shape index (κ3) is 2.73. The molecule has 0 aromatic heterocycles. The highest BCUT2D eigenvalue weighted by molar-refractivity contribution is 5.66. The van der Waals surface area contributed by atoms with Crippen molar-refractivity contribution >= 4 is 12.0 Å². The van der Waals surface area contributed by atoms with Gasteiger partial charge in [-0.05, 0) is 18.1 Å². The van der Waals surface area contributed by atoms with E-state index in [1.54, 1.807) is 6.08 Å². The number of esters is 1. The lowest BCUT2D eigenvalue weighted by Gasteiger charge is -2.11. The van der Waals surface area contributed by atoms with Crippen LogP contribution in [0.5, 0.6) is 0 Å². The van der Waals surface area contributed by atoms with E-state index in [2.05, 4.69) is 6.58 Å². The highest BCUT2D eigenvalue weighted by Crippen LogP contribution is 2.17. The fourth-order valence-electron chi connectivity index (χ4n) is 1.22. The Morgan fingerprint density at radius 2 is 2.00 bits per heavy atom. The van der Waals surface area contributed by atoms with E-state index in [0.29, 0.717) is 0 Å². The van der Waals surface area contributed by atoms with Crippen LogP contribution in [-0.2, 0) is 9.53 Å². The highest BCUT2D eigenvalue weighted by atomic mass is 16.5. The number of ether oxygens (including phenoxy) is 1. The third-order valence-electron chi connectivity index (χ3n) is 1.98. The van der Waals surface area contributed by atoms with Gasteiger partial charge in [0.15, 0.2) is 0 Å². The first kappa shape index (κ1) is 10.5. The maximum atomic E-state index is 10.7. The summed E-state index contributed by atoms with van der Waals surface area (Å²) in [5.74, 6) is -0.259. The Bertz CT molecular complexity index is 325. The van der Waals surface area contributed by atoms with Gasteiger partial charge in [0.2, 0.25) is 0 Å². The lowest BCUT2D eigenvalue weighted by Crippen LogP contribution is -2.04. The number of rotatable bonds is 3. The van der Waals surface area contributed by atoms with Gasteiger partial charge in [-0.15, -0.1) is 0 Å². The van der Waals surface area contributed by atoms with Crippen molar-refractivity contribution in [3.8, 4) is 0 Å². The smallest absolute Gasteiger partial charge is 0.303 e. The Balaban J connectivity index is 2.75. The largest absolute Gasteiger partial charge is 0.458 e. The molecule has 74 valence electrons. The first-order chi connectivity index (χ1) is 6.63. The monoisotopic (exact) mass is 190 g/mol. The normalized spacial score (nSPS) is 11.9. The Morgan fingerprint density at radius 3 is 2.43 bits per heavy atom. The summed E-state index contributed by atoms with van der Waals surface area (Å²) < 4.78 is 5.04. The molecular weight excluding hydrogens is 176 g/mol. The average molecular weight is 190 g/mol. The van der Waals surface area contributed by atoms with Gasteiger partial charge in [0.05, 0.1) is 0 Å². The molecule has 1 rings (SSSR count). The van der Waals surface area contributed by atoms with Gasteiger partial charge < -0.3 is 4.74 Å². The third-order valence-corrected chi connectivity index (χ3v) is 1.98. The molecule has 0 amide bonds. The minimum atomic E-state index is -0.259. The molecule has 1 atom stereocenters. The summed E-state index contributed by atoms with van der Waals surface area (Å²) in [6.07, 6.45) is 1.59. The lowest BCUT2D eigenvalue weighted by atomic mass is 10.1. The van der Waals surface area contributed by atoms with Crippen LogP contribution in [0.15, 0.2) is 30.8 Å². The Morgan fingerprint density at radius 1 is 1.43 bits per heavy atom. The lowest BCUT2D eigenvalue weighted by molar-refractivity contribution is -0.145. The molecule has 0 unspecified atom stereocenters. The number of hydrogen-bond donors (Lipinski definition) is 0. The second-order valence-electron chi connectivity index (χ2n) is 3.12. The maximum absolute atomic E-state index is 10.7. The van der Waals surface area contributed by atoms with Gasteiger partial charge in [0.25, 0.3) is 0 Å². The summed E-state index contributed by atoms with van der Waals surface area (Å²) in [7, 11) is 0. The van der Waals surface area contributed by atoms with Gasteiger partial charge in [-0.1, -0.05) is 36.9 Å². The molecule has 0 radical (unpaired) electrons. The first-order valence-corrected chi connectivity index (χ1v) is 4.53. The first-order valence-electron chi connectivity index (χ1n) is 4.53. The van der Waals surface area contributed by atoms with Crippen molar-refractivity contribution in [1.29, 1.82) is 0 Å². The van der Waals surface area contributed by atoms with Gasteiger partial charge in [0, 0.05) is 6.92 Å². The zero-order chi connectivity index (χ0) is 10.6. The van der Waals surface area contributed by atoms with Crippen molar-refractivity contribution in [2.24, 2.45) is 0 Å². The fourth-order valence-corrected chi connectivity index (χ4v) is 1.22. The summed E-state index contributed by atoms with van der Waals surface area (Å²) in [6.45, 7) is 6.93. The van der Waals surface area contributed by atoms with Gasteiger partial charge >= 0.3 is 5.97 Å². The minimum Gasteiger partial charge on any atom is -0.458 e. The van der Waals surface area contributed by atoms with Crippen LogP contribution >= 0.6 is 0 Å². The zero-order valence-electron chi connectivity index (χ0n) is 8.49. The topological polar surface area (TPSA) is 26.3 Å². The molecule has 0 saturated heterocycles. The van der Waals surface area contributed by atoms with Crippen LogP contribution in [0.2, 0.25) is 0 Å². The van der Waals surface area contributed by atoms with E-state index in [1.807, 2.05) is 31.2 Å². The van der Waals surface area contributed by atoms with E-state index in [9.17, 15) is 4.79 Å². The average Bonchev–Trinajstić information content (AvgIpc) is 2.17. The highest BCUT2D eigenvalue weighted by Gasteiger charge is 2.07. The molecule has 0 bridgehead atoms. The molecule has 0 aliphatic carbocycles. The maximum Gasteiger partial charge on any atom is 0.303 e. The Kier molecular flexibility index (Phi) is 3.46. The van der Waals surface area contributed by atoms with E-state index in [4.69, 9.17) is 4.74 Å². The van der Waals surface area contributed by atoms with Crippen LogP contribution in [-0.4, -0.2) is 5.97 Å². The molecule has 0 N–H and O–H groups in total.